The largest absolute Gasteiger partial charge is 0.494 e. The van der Waals surface area contributed by atoms with Crippen LogP contribution in [0, 0.1) is 0 Å². The van der Waals surface area contributed by atoms with Gasteiger partial charge in [0.25, 0.3) is 0 Å². The van der Waals surface area contributed by atoms with Gasteiger partial charge in [-0.2, -0.15) is 16.9 Å². The summed E-state index contributed by atoms with van der Waals surface area (Å²) < 4.78 is 33.1. The average Bonchev–Trinajstić information content (AvgIpc) is 2.58. The molecule has 6 heteroatoms. The van der Waals surface area contributed by atoms with E-state index in [2.05, 4.69) is 26.5 Å². The molecule has 0 aliphatic carbocycles. The zero-order valence-corrected chi connectivity index (χ0v) is 16.8. The number of rotatable bonds is 12. The first-order chi connectivity index (χ1) is 11.5. The van der Waals surface area contributed by atoms with Crippen molar-refractivity contribution in [3.05, 3.63) is 24.3 Å². The fraction of sp³-hybridized carbons (Fsp3) is 0.667. The lowest BCUT2D eigenvalue weighted by Crippen LogP contribution is -2.40. The molecule has 0 radical (unpaired) electrons. The summed E-state index contributed by atoms with van der Waals surface area (Å²) in [5.74, 6) is 1.21. The highest BCUT2D eigenvalue weighted by Crippen LogP contribution is 2.22. The summed E-state index contributed by atoms with van der Waals surface area (Å²) in [4.78, 5) is 0.315. The predicted octanol–water partition coefficient (Wildman–Crippen LogP) is 4.36. The van der Waals surface area contributed by atoms with E-state index in [0.717, 1.165) is 32.1 Å². The van der Waals surface area contributed by atoms with Gasteiger partial charge in [-0.3, -0.25) is 0 Å². The molecule has 0 aliphatic heterocycles. The number of nitrogens with zero attached hydrogens (tertiary/aromatic N) is 1. The molecule has 0 N–H and O–H groups in total. The summed E-state index contributed by atoms with van der Waals surface area (Å²) in [6.45, 7) is 7.31. The minimum Gasteiger partial charge on any atom is -0.494 e. The molecule has 1 aromatic carbocycles. The zero-order chi connectivity index (χ0) is 18.0. The lowest BCUT2D eigenvalue weighted by atomic mass is 10.2. The highest BCUT2D eigenvalue weighted by molar-refractivity contribution is 7.89. The number of thiol groups is 1. The summed E-state index contributed by atoms with van der Waals surface area (Å²) in [7, 11) is -3.51. The number of hydrogen-bond acceptors (Lipinski definition) is 4. The predicted molar refractivity (Wildman–Crippen MR) is 104 cm³/mol. The maximum absolute atomic E-state index is 12.9. The molecule has 0 saturated heterocycles. The number of ether oxygens (including phenoxy) is 1. The molecule has 1 unspecified atom stereocenters. The molecule has 0 fully saturated rings. The molecule has 0 bridgehead atoms. The van der Waals surface area contributed by atoms with E-state index in [1.165, 1.54) is 0 Å². The van der Waals surface area contributed by atoms with Crippen LogP contribution in [0.4, 0.5) is 0 Å². The molecule has 24 heavy (non-hydrogen) atoms. The number of benzene rings is 1. The van der Waals surface area contributed by atoms with Gasteiger partial charge in [-0.05, 0) is 44.0 Å². The quantitative estimate of drug-likeness (QED) is 0.437. The lowest BCUT2D eigenvalue weighted by molar-refractivity contribution is 0.309. The van der Waals surface area contributed by atoms with E-state index in [1.807, 2.05) is 6.92 Å². The van der Waals surface area contributed by atoms with Crippen molar-refractivity contribution in [2.24, 2.45) is 0 Å². The number of hydrogen-bond donors (Lipinski definition) is 1. The van der Waals surface area contributed by atoms with E-state index in [-0.39, 0.29) is 6.04 Å². The summed E-state index contributed by atoms with van der Waals surface area (Å²) in [6, 6.07) is 6.61. The normalized spacial score (nSPS) is 13.2. The van der Waals surface area contributed by atoms with E-state index in [4.69, 9.17) is 4.74 Å². The molecular weight excluding hydrogens is 342 g/mol. The van der Waals surface area contributed by atoms with Crippen LogP contribution in [0.15, 0.2) is 29.2 Å². The van der Waals surface area contributed by atoms with E-state index < -0.39 is 10.0 Å². The second-order valence-electron chi connectivity index (χ2n) is 6.03. The minimum atomic E-state index is -3.51. The Morgan fingerprint density at radius 1 is 1.08 bits per heavy atom. The van der Waals surface area contributed by atoms with E-state index in [1.54, 1.807) is 28.6 Å². The van der Waals surface area contributed by atoms with Gasteiger partial charge in [0.15, 0.2) is 0 Å². The van der Waals surface area contributed by atoms with Gasteiger partial charge in [-0.1, -0.05) is 33.1 Å². The Morgan fingerprint density at radius 2 is 1.71 bits per heavy atom. The second kappa shape index (κ2) is 11.0. The zero-order valence-electron chi connectivity index (χ0n) is 15.1. The fourth-order valence-electron chi connectivity index (χ4n) is 2.36. The maximum atomic E-state index is 12.9. The Hall–Kier alpha value is -0.720. The van der Waals surface area contributed by atoms with E-state index in [0.29, 0.717) is 29.5 Å². The SMILES string of the molecule is CCCCCN(C(C)CS)S(=O)(=O)c1ccc(OCCCC)cc1. The van der Waals surface area contributed by atoms with E-state index >= 15 is 0 Å². The van der Waals surface area contributed by atoms with Crippen LogP contribution >= 0.6 is 12.6 Å². The first-order valence-corrected chi connectivity index (χ1v) is 10.9. The molecule has 0 aromatic heterocycles. The van der Waals surface area contributed by atoms with Crippen LogP contribution in [0.25, 0.3) is 0 Å². The molecule has 1 rings (SSSR count). The minimum absolute atomic E-state index is 0.129. The molecule has 0 saturated carbocycles. The Morgan fingerprint density at radius 3 is 2.25 bits per heavy atom. The fourth-order valence-corrected chi connectivity index (χ4v) is 4.34. The van der Waals surface area contributed by atoms with Crippen LogP contribution in [0.1, 0.15) is 52.9 Å². The molecule has 0 heterocycles. The van der Waals surface area contributed by atoms with Crippen LogP contribution in [0.3, 0.4) is 0 Å². The first kappa shape index (κ1) is 21.3. The van der Waals surface area contributed by atoms with Gasteiger partial charge in [0.1, 0.15) is 5.75 Å². The molecule has 0 amide bonds. The highest BCUT2D eigenvalue weighted by atomic mass is 32.2. The highest BCUT2D eigenvalue weighted by Gasteiger charge is 2.27. The van der Waals surface area contributed by atoms with Crippen molar-refractivity contribution >= 4 is 22.7 Å². The molecule has 1 atom stereocenters. The van der Waals surface area contributed by atoms with Gasteiger partial charge in [0, 0.05) is 18.3 Å². The third-order valence-corrected chi connectivity index (χ3v) is 6.49. The van der Waals surface area contributed by atoms with E-state index in [9.17, 15) is 8.42 Å². The molecule has 4 nitrogen and oxygen atoms in total. The van der Waals surface area contributed by atoms with Crippen molar-refractivity contribution in [2.45, 2.75) is 63.8 Å². The van der Waals surface area contributed by atoms with Crippen LogP contribution in [-0.4, -0.2) is 37.7 Å². The van der Waals surface area contributed by atoms with Gasteiger partial charge in [0.2, 0.25) is 10.0 Å². The van der Waals surface area contributed by atoms with Crippen LogP contribution in [0.5, 0.6) is 5.75 Å². The van der Waals surface area contributed by atoms with Crippen molar-refractivity contribution in [2.75, 3.05) is 18.9 Å². The molecule has 0 aliphatic rings. The Labute approximate surface area is 153 Å². The monoisotopic (exact) mass is 373 g/mol. The van der Waals surface area contributed by atoms with Gasteiger partial charge in [-0.15, -0.1) is 0 Å². The Bertz CT molecular complexity index is 558. The summed E-state index contributed by atoms with van der Waals surface area (Å²) in [5.41, 5.74) is 0. The Kier molecular flexibility index (Phi) is 9.78. The number of sulfonamides is 1. The van der Waals surface area contributed by atoms with Crippen molar-refractivity contribution in [3.63, 3.8) is 0 Å². The smallest absolute Gasteiger partial charge is 0.243 e. The molecule has 0 spiro atoms. The van der Waals surface area contributed by atoms with Crippen LogP contribution in [0.2, 0.25) is 0 Å². The van der Waals surface area contributed by atoms with Crippen LogP contribution in [-0.2, 0) is 10.0 Å². The standard InChI is InChI=1S/C18H31NO3S2/c1-4-6-8-13-19(16(3)15-23)24(20,21)18-11-9-17(10-12-18)22-14-7-5-2/h9-12,16,23H,4-8,13-15H2,1-3H3. The Balaban J connectivity index is 2.89. The maximum Gasteiger partial charge on any atom is 0.243 e. The molecule has 1 aromatic rings. The van der Waals surface area contributed by atoms with Crippen LogP contribution < -0.4 is 4.74 Å². The van der Waals surface area contributed by atoms with Crippen molar-refractivity contribution < 1.29 is 13.2 Å². The molecular formula is C18H31NO3S2. The van der Waals surface area contributed by atoms with Gasteiger partial charge in [0.05, 0.1) is 11.5 Å². The van der Waals surface area contributed by atoms with Crippen molar-refractivity contribution in [1.82, 2.24) is 4.31 Å². The van der Waals surface area contributed by atoms with Crippen molar-refractivity contribution in [1.29, 1.82) is 0 Å². The third-order valence-electron chi connectivity index (χ3n) is 3.93. The summed E-state index contributed by atoms with van der Waals surface area (Å²) >= 11 is 4.28. The van der Waals surface area contributed by atoms with Gasteiger partial charge < -0.3 is 4.74 Å². The topological polar surface area (TPSA) is 46.6 Å². The third kappa shape index (κ3) is 6.30. The summed E-state index contributed by atoms with van der Waals surface area (Å²) in [5, 5.41) is 0. The first-order valence-electron chi connectivity index (χ1n) is 8.82. The van der Waals surface area contributed by atoms with Gasteiger partial charge in [-0.25, -0.2) is 8.42 Å². The second-order valence-corrected chi connectivity index (χ2v) is 8.28. The van der Waals surface area contributed by atoms with Gasteiger partial charge >= 0.3 is 0 Å². The average molecular weight is 374 g/mol. The molecule has 138 valence electrons. The summed E-state index contributed by atoms with van der Waals surface area (Å²) in [6.07, 6.45) is 5.01. The van der Waals surface area contributed by atoms with Crippen molar-refractivity contribution in [3.8, 4) is 5.75 Å². The lowest BCUT2D eigenvalue weighted by Gasteiger charge is -2.27. The number of unbranched alkanes of at least 4 members (excludes halogenated alkanes) is 3.